The van der Waals surface area contributed by atoms with Gasteiger partial charge in [0.05, 0.1) is 5.69 Å². The fraction of sp³-hybridized carbons (Fsp3) is 0.333. The summed E-state index contributed by atoms with van der Waals surface area (Å²) in [4.78, 5) is 3.70. The molecule has 0 aliphatic heterocycles. The van der Waals surface area contributed by atoms with E-state index >= 15 is 0 Å². The molecule has 0 saturated carbocycles. The first-order chi connectivity index (χ1) is 11.5. The van der Waals surface area contributed by atoms with Crippen molar-refractivity contribution in [3.63, 3.8) is 0 Å². The van der Waals surface area contributed by atoms with E-state index in [2.05, 4.69) is 78.7 Å². The zero-order valence-electron chi connectivity index (χ0n) is 14.7. The Hall–Kier alpha value is -1.33. The van der Waals surface area contributed by atoms with Crippen molar-refractivity contribution in [2.45, 2.75) is 40.0 Å². The average molecular weight is 432 g/mol. The van der Waals surface area contributed by atoms with E-state index in [0.29, 0.717) is 0 Å². The SMILES string of the molecule is Cc1cc(C)c(-c2[nH]c3ccc(I)cc3c2CCCCN)c(C)c1. The van der Waals surface area contributed by atoms with Crippen LogP contribution in [0.4, 0.5) is 0 Å². The van der Waals surface area contributed by atoms with Gasteiger partial charge < -0.3 is 10.7 Å². The number of nitrogens with one attached hydrogen (secondary N) is 1. The van der Waals surface area contributed by atoms with Crippen LogP contribution in [0.25, 0.3) is 22.2 Å². The first kappa shape index (κ1) is 17.5. The lowest BCUT2D eigenvalue weighted by molar-refractivity contribution is 0.748. The van der Waals surface area contributed by atoms with E-state index in [-0.39, 0.29) is 0 Å². The van der Waals surface area contributed by atoms with Crippen molar-refractivity contribution in [2.75, 3.05) is 6.54 Å². The molecule has 3 rings (SSSR count). The summed E-state index contributed by atoms with van der Waals surface area (Å²) in [6.07, 6.45) is 3.27. The van der Waals surface area contributed by atoms with Crippen molar-refractivity contribution in [2.24, 2.45) is 5.73 Å². The smallest absolute Gasteiger partial charge is 0.0502 e. The highest BCUT2D eigenvalue weighted by molar-refractivity contribution is 14.1. The van der Waals surface area contributed by atoms with Crippen LogP contribution in [0.5, 0.6) is 0 Å². The van der Waals surface area contributed by atoms with Crippen LogP contribution in [0.1, 0.15) is 35.1 Å². The van der Waals surface area contributed by atoms with Gasteiger partial charge in [-0.2, -0.15) is 0 Å². The Balaban J connectivity index is 2.21. The number of aromatic amines is 1. The van der Waals surface area contributed by atoms with Gasteiger partial charge in [-0.25, -0.2) is 0 Å². The fourth-order valence-corrected chi connectivity index (χ4v) is 4.20. The number of hydrogen-bond acceptors (Lipinski definition) is 1. The van der Waals surface area contributed by atoms with Gasteiger partial charge >= 0.3 is 0 Å². The predicted molar refractivity (Wildman–Crippen MR) is 113 cm³/mol. The van der Waals surface area contributed by atoms with Crippen LogP contribution in [0.15, 0.2) is 30.3 Å². The monoisotopic (exact) mass is 432 g/mol. The van der Waals surface area contributed by atoms with Crippen LogP contribution in [0, 0.1) is 24.3 Å². The van der Waals surface area contributed by atoms with Gasteiger partial charge in [0, 0.05) is 20.0 Å². The summed E-state index contributed by atoms with van der Waals surface area (Å²) in [6, 6.07) is 11.2. The largest absolute Gasteiger partial charge is 0.354 e. The van der Waals surface area contributed by atoms with Crippen LogP contribution in [0.2, 0.25) is 0 Å². The highest BCUT2D eigenvalue weighted by Crippen LogP contribution is 2.36. The Labute approximate surface area is 158 Å². The lowest BCUT2D eigenvalue weighted by atomic mass is 9.93. The van der Waals surface area contributed by atoms with Crippen molar-refractivity contribution < 1.29 is 0 Å². The molecule has 24 heavy (non-hydrogen) atoms. The highest BCUT2D eigenvalue weighted by Gasteiger charge is 2.16. The van der Waals surface area contributed by atoms with Gasteiger partial charge in [0.2, 0.25) is 0 Å². The van der Waals surface area contributed by atoms with E-state index in [1.807, 2.05) is 0 Å². The number of unbranched alkanes of at least 4 members (excludes halogenated alkanes) is 1. The number of fused-ring (bicyclic) bond motifs is 1. The summed E-state index contributed by atoms with van der Waals surface area (Å²) < 4.78 is 1.28. The number of benzene rings is 2. The molecular formula is C21H25IN2. The third-order valence-electron chi connectivity index (χ3n) is 4.68. The molecule has 0 fully saturated rings. The van der Waals surface area contributed by atoms with Crippen LogP contribution < -0.4 is 5.73 Å². The van der Waals surface area contributed by atoms with E-state index in [1.165, 1.54) is 48.0 Å². The average Bonchev–Trinajstić information content (AvgIpc) is 2.84. The second-order valence-corrected chi connectivity index (χ2v) is 7.93. The molecule has 3 heteroatoms. The predicted octanol–water partition coefficient (Wildman–Crippen LogP) is 5.65. The minimum Gasteiger partial charge on any atom is -0.354 e. The third-order valence-corrected chi connectivity index (χ3v) is 5.35. The number of halogens is 1. The molecule has 0 atom stereocenters. The summed E-state index contributed by atoms with van der Waals surface area (Å²) in [7, 11) is 0. The quantitative estimate of drug-likeness (QED) is 0.397. The van der Waals surface area contributed by atoms with Crippen molar-refractivity contribution in [1.29, 1.82) is 0 Å². The fourth-order valence-electron chi connectivity index (χ4n) is 3.71. The van der Waals surface area contributed by atoms with Crippen molar-refractivity contribution in [3.8, 4) is 11.3 Å². The Morgan fingerprint density at radius 2 is 1.71 bits per heavy atom. The number of aryl methyl sites for hydroxylation is 4. The summed E-state index contributed by atoms with van der Waals surface area (Å²) in [5, 5.41) is 1.35. The van der Waals surface area contributed by atoms with E-state index < -0.39 is 0 Å². The van der Waals surface area contributed by atoms with E-state index in [0.717, 1.165) is 25.8 Å². The zero-order valence-corrected chi connectivity index (χ0v) is 16.8. The molecule has 3 aromatic rings. The zero-order chi connectivity index (χ0) is 17.3. The normalized spacial score (nSPS) is 11.4. The summed E-state index contributed by atoms with van der Waals surface area (Å²) >= 11 is 2.40. The second kappa shape index (κ2) is 7.28. The van der Waals surface area contributed by atoms with Gasteiger partial charge in [-0.1, -0.05) is 17.7 Å². The molecule has 2 nitrogen and oxygen atoms in total. The Kier molecular flexibility index (Phi) is 5.30. The minimum atomic E-state index is 0.762. The molecule has 2 aromatic carbocycles. The molecule has 0 bridgehead atoms. The maximum absolute atomic E-state index is 5.71. The van der Waals surface area contributed by atoms with Crippen molar-refractivity contribution in [1.82, 2.24) is 4.98 Å². The minimum absolute atomic E-state index is 0.762. The lowest BCUT2D eigenvalue weighted by Gasteiger charge is -2.13. The Morgan fingerprint density at radius 1 is 1.00 bits per heavy atom. The highest BCUT2D eigenvalue weighted by atomic mass is 127. The topological polar surface area (TPSA) is 41.8 Å². The summed E-state index contributed by atoms with van der Waals surface area (Å²) in [5.41, 5.74) is 15.0. The molecule has 0 aliphatic carbocycles. The van der Waals surface area contributed by atoms with Crippen LogP contribution in [0.3, 0.4) is 0 Å². The molecule has 3 N–H and O–H groups in total. The van der Waals surface area contributed by atoms with Gasteiger partial charge in [0.25, 0.3) is 0 Å². The van der Waals surface area contributed by atoms with Gasteiger partial charge in [-0.3, -0.25) is 0 Å². The number of nitrogens with two attached hydrogens (primary N) is 1. The molecule has 1 aromatic heterocycles. The van der Waals surface area contributed by atoms with Crippen LogP contribution >= 0.6 is 22.6 Å². The standard InChI is InChI=1S/C21H25IN2/c1-13-10-14(2)20(15(3)11-13)21-17(6-4-5-9-23)18-12-16(22)7-8-19(18)24-21/h7-8,10-12,24H,4-6,9,23H2,1-3H3. The maximum atomic E-state index is 5.71. The molecule has 0 spiro atoms. The lowest BCUT2D eigenvalue weighted by Crippen LogP contribution is -2.00. The van der Waals surface area contributed by atoms with Gasteiger partial charge in [0.15, 0.2) is 0 Å². The molecule has 126 valence electrons. The first-order valence-corrected chi connectivity index (χ1v) is 9.67. The van der Waals surface area contributed by atoms with Crippen molar-refractivity contribution in [3.05, 3.63) is 56.2 Å². The van der Waals surface area contributed by atoms with E-state index in [9.17, 15) is 0 Å². The van der Waals surface area contributed by atoms with Crippen molar-refractivity contribution >= 4 is 33.5 Å². The Bertz CT molecular complexity index is 854. The van der Waals surface area contributed by atoms with Gasteiger partial charge in [-0.05, 0) is 104 Å². The molecule has 0 radical (unpaired) electrons. The number of H-pyrrole nitrogens is 1. The molecule has 1 heterocycles. The van der Waals surface area contributed by atoms with Gasteiger partial charge in [0.1, 0.15) is 0 Å². The van der Waals surface area contributed by atoms with Gasteiger partial charge in [-0.15, -0.1) is 0 Å². The molecule has 0 saturated heterocycles. The second-order valence-electron chi connectivity index (χ2n) is 6.69. The van der Waals surface area contributed by atoms with E-state index in [4.69, 9.17) is 5.73 Å². The molecular weight excluding hydrogens is 407 g/mol. The number of hydrogen-bond donors (Lipinski definition) is 2. The molecule has 0 aliphatic rings. The van der Waals surface area contributed by atoms with E-state index in [1.54, 1.807) is 0 Å². The summed E-state index contributed by atoms with van der Waals surface area (Å²) in [5.74, 6) is 0. The third kappa shape index (κ3) is 3.38. The number of aromatic nitrogens is 1. The molecule has 0 amide bonds. The van der Waals surface area contributed by atoms with Crippen LogP contribution in [-0.4, -0.2) is 11.5 Å². The maximum Gasteiger partial charge on any atom is 0.0502 e. The molecule has 0 unspecified atom stereocenters. The number of rotatable bonds is 5. The van der Waals surface area contributed by atoms with Crippen LogP contribution in [-0.2, 0) is 6.42 Å². The Morgan fingerprint density at radius 3 is 2.38 bits per heavy atom. The first-order valence-electron chi connectivity index (χ1n) is 8.59. The summed E-state index contributed by atoms with van der Waals surface area (Å²) in [6.45, 7) is 7.36.